The van der Waals surface area contributed by atoms with Crippen LogP contribution in [0.2, 0.25) is 0 Å². The van der Waals surface area contributed by atoms with E-state index in [0.717, 1.165) is 19.3 Å². The van der Waals surface area contributed by atoms with E-state index in [9.17, 15) is 10.1 Å². The van der Waals surface area contributed by atoms with E-state index in [2.05, 4.69) is 6.07 Å². The highest BCUT2D eigenvalue weighted by Gasteiger charge is 2.76. The number of aliphatic carboxylic acids is 1. The largest absolute Gasteiger partial charge is 0.481 e. The molecule has 3 rings (SSSR count). The Balaban J connectivity index is 2.00. The average molecular weight is 219 g/mol. The van der Waals surface area contributed by atoms with Crippen molar-refractivity contribution < 1.29 is 9.90 Å². The molecule has 1 N–H and O–H groups in total. The van der Waals surface area contributed by atoms with Crippen LogP contribution < -0.4 is 0 Å². The molecule has 0 aromatic heterocycles. The van der Waals surface area contributed by atoms with Crippen LogP contribution in [0.5, 0.6) is 0 Å². The molecular formula is C13H17NO2. The molecule has 16 heavy (non-hydrogen) atoms. The standard InChI is InChI=1S/C13H17NO2/c14-9-12(7-10(15)16)8-11-3-1-5-13(11,12)6-2-4-11/h1-8H2,(H,15,16). The van der Waals surface area contributed by atoms with Crippen LogP contribution in [0.15, 0.2) is 0 Å². The van der Waals surface area contributed by atoms with Crippen molar-refractivity contribution in [3.63, 3.8) is 0 Å². The van der Waals surface area contributed by atoms with Gasteiger partial charge in [0.1, 0.15) is 0 Å². The zero-order chi connectivity index (χ0) is 11.4. The van der Waals surface area contributed by atoms with Crippen molar-refractivity contribution in [2.45, 2.75) is 51.4 Å². The third-order valence-corrected chi connectivity index (χ3v) is 5.76. The topological polar surface area (TPSA) is 61.1 Å². The molecule has 3 nitrogen and oxygen atoms in total. The van der Waals surface area contributed by atoms with Gasteiger partial charge in [-0.15, -0.1) is 0 Å². The molecule has 3 aliphatic carbocycles. The molecule has 1 atom stereocenters. The van der Waals surface area contributed by atoms with Gasteiger partial charge in [0.25, 0.3) is 0 Å². The van der Waals surface area contributed by atoms with Crippen LogP contribution in [-0.2, 0) is 4.79 Å². The van der Waals surface area contributed by atoms with E-state index < -0.39 is 11.4 Å². The maximum atomic E-state index is 11.0. The average Bonchev–Trinajstić information content (AvgIpc) is 2.62. The minimum atomic E-state index is -0.802. The molecule has 86 valence electrons. The van der Waals surface area contributed by atoms with Crippen LogP contribution in [0.1, 0.15) is 51.4 Å². The summed E-state index contributed by atoms with van der Waals surface area (Å²) in [5.41, 5.74) is -0.100. The van der Waals surface area contributed by atoms with Gasteiger partial charge in [-0.1, -0.05) is 12.8 Å². The van der Waals surface area contributed by atoms with Crippen molar-refractivity contribution in [3.05, 3.63) is 0 Å². The van der Waals surface area contributed by atoms with Gasteiger partial charge in [-0.05, 0) is 42.9 Å². The molecular weight excluding hydrogens is 202 g/mol. The lowest BCUT2D eigenvalue weighted by atomic mass is 9.38. The van der Waals surface area contributed by atoms with E-state index in [0.29, 0.717) is 5.41 Å². The van der Waals surface area contributed by atoms with Crippen LogP contribution in [0.25, 0.3) is 0 Å². The lowest BCUT2D eigenvalue weighted by Crippen LogP contribution is -2.60. The fraction of sp³-hybridized carbons (Fsp3) is 0.846. The zero-order valence-corrected chi connectivity index (χ0v) is 9.46. The smallest absolute Gasteiger partial charge is 0.304 e. The molecule has 0 aliphatic heterocycles. The number of carboxylic acid groups (broad SMARTS) is 1. The summed E-state index contributed by atoms with van der Waals surface area (Å²) in [4.78, 5) is 11.0. The van der Waals surface area contributed by atoms with Gasteiger partial charge < -0.3 is 5.11 Å². The fourth-order valence-electron chi connectivity index (χ4n) is 5.36. The van der Waals surface area contributed by atoms with Gasteiger partial charge in [-0.3, -0.25) is 4.79 Å². The minimum Gasteiger partial charge on any atom is -0.481 e. The first kappa shape index (κ1) is 10.1. The SMILES string of the molecule is N#CC1(CC(=O)O)CC23CCCC12CCC3. The predicted molar refractivity (Wildman–Crippen MR) is 57.5 cm³/mol. The third-order valence-electron chi connectivity index (χ3n) is 5.76. The second-order valence-corrected chi connectivity index (χ2v) is 6.01. The van der Waals surface area contributed by atoms with Gasteiger partial charge in [0, 0.05) is 0 Å². The fourth-order valence-corrected chi connectivity index (χ4v) is 5.36. The lowest BCUT2D eigenvalue weighted by Gasteiger charge is -2.63. The molecule has 3 saturated carbocycles. The van der Waals surface area contributed by atoms with Crippen molar-refractivity contribution in [1.82, 2.24) is 0 Å². The van der Waals surface area contributed by atoms with Gasteiger partial charge in [0.05, 0.1) is 17.9 Å². The molecule has 0 heterocycles. The summed E-state index contributed by atoms with van der Waals surface area (Å²) in [6, 6.07) is 2.39. The van der Waals surface area contributed by atoms with Crippen molar-refractivity contribution in [2.75, 3.05) is 0 Å². The van der Waals surface area contributed by atoms with E-state index in [1.54, 1.807) is 0 Å². The summed E-state index contributed by atoms with van der Waals surface area (Å²) >= 11 is 0. The number of hydrogen-bond donors (Lipinski definition) is 1. The highest BCUT2D eigenvalue weighted by molar-refractivity contribution is 5.69. The normalized spacial score (nSPS) is 48.9. The molecule has 1 unspecified atom stereocenters. The number of carbonyl (C=O) groups is 1. The quantitative estimate of drug-likeness (QED) is 0.776. The molecule has 0 saturated heterocycles. The van der Waals surface area contributed by atoms with E-state index in [1.807, 2.05) is 0 Å². The molecule has 3 heteroatoms. The lowest BCUT2D eigenvalue weighted by molar-refractivity contribution is -0.168. The maximum Gasteiger partial charge on any atom is 0.304 e. The van der Waals surface area contributed by atoms with Gasteiger partial charge in [0.15, 0.2) is 0 Å². The Bertz CT molecular complexity index is 385. The molecule has 3 aliphatic rings. The minimum absolute atomic E-state index is 0.0608. The Labute approximate surface area is 95.4 Å². The van der Waals surface area contributed by atoms with Gasteiger partial charge in [-0.25, -0.2) is 0 Å². The van der Waals surface area contributed by atoms with E-state index >= 15 is 0 Å². The summed E-state index contributed by atoms with van der Waals surface area (Å²) in [6.45, 7) is 0. The van der Waals surface area contributed by atoms with Gasteiger partial charge >= 0.3 is 5.97 Å². The first-order valence-corrected chi connectivity index (χ1v) is 6.23. The van der Waals surface area contributed by atoms with Gasteiger partial charge in [-0.2, -0.15) is 5.26 Å². The summed E-state index contributed by atoms with van der Waals surface area (Å²) < 4.78 is 0. The molecule has 0 spiro atoms. The number of carboxylic acids is 1. The Hall–Kier alpha value is -1.04. The molecule has 0 radical (unpaired) electrons. The van der Waals surface area contributed by atoms with Crippen LogP contribution in [0.4, 0.5) is 0 Å². The van der Waals surface area contributed by atoms with E-state index in [-0.39, 0.29) is 11.8 Å². The summed E-state index contributed by atoms with van der Waals surface area (Å²) in [6.07, 6.45) is 7.95. The van der Waals surface area contributed by atoms with Crippen molar-refractivity contribution in [3.8, 4) is 6.07 Å². The Morgan fingerprint density at radius 1 is 1.25 bits per heavy atom. The van der Waals surface area contributed by atoms with Crippen LogP contribution >= 0.6 is 0 Å². The molecule has 3 fully saturated rings. The van der Waals surface area contributed by atoms with Crippen LogP contribution in [-0.4, -0.2) is 11.1 Å². The molecule has 0 amide bonds. The Kier molecular flexibility index (Phi) is 1.77. The number of hydrogen-bond acceptors (Lipinski definition) is 2. The van der Waals surface area contributed by atoms with Gasteiger partial charge in [0.2, 0.25) is 0 Å². The molecule has 0 bridgehead atoms. The van der Waals surface area contributed by atoms with E-state index in [4.69, 9.17) is 5.11 Å². The Morgan fingerprint density at radius 2 is 1.88 bits per heavy atom. The zero-order valence-electron chi connectivity index (χ0n) is 9.46. The summed E-state index contributed by atoms with van der Waals surface area (Å²) in [5.74, 6) is -0.802. The highest BCUT2D eigenvalue weighted by Crippen LogP contribution is 2.82. The summed E-state index contributed by atoms with van der Waals surface area (Å²) in [5, 5.41) is 18.5. The predicted octanol–water partition coefficient (Wildman–Crippen LogP) is 2.72. The Morgan fingerprint density at radius 3 is 2.38 bits per heavy atom. The maximum absolute atomic E-state index is 11.0. The first-order valence-electron chi connectivity index (χ1n) is 6.23. The molecule has 0 aromatic carbocycles. The monoisotopic (exact) mass is 219 g/mol. The number of nitriles is 1. The third kappa shape index (κ3) is 0.841. The van der Waals surface area contributed by atoms with Crippen molar-refractivity contribution >= 4 is 5.97 Å². The second-order valence-electron chi connectivity index (χ2n) is 6.01. The second kappa shape index (κ2) is 2.80. The van der Waals surface area contributed by atoms with Crippen molar-refractivity contribution in [2.24, 2.45) is 16.2 Å². The highest BCUT2D eigenvalue weighted by atomic mass is 16.4. The van der Waals surface area contributed by atoms with Crippen LogP contribution in [0, 0.1) is 27.6 Å². The molecule has 0 aromatic rings. The number of nitrogens with zero attached hydrogens (tertiary/aromatic N) is 1. The van der Waals surface area contributed by atoms with E-state index in [1.165, 1.54) is 25.7 Å². The van der Waals surface area contributed by atoms with Crippen LogP contribution in [0.3, 0.4) is 0 Å². The first-order chi connectivity index (χ1) is 7.60. The summed E-state index contributed by atoms with van der Waals surface area (Å²) in [7, 11) is 0. The van der Waals surface area contributed by atoms with Crippen molar-refractivity contribution in [1.29, 1.82) is 5.26 Å². The number of rotatable bonds is 2.